The molecule has 7 heteroatoms. The van der Waals surface area contributed by atoms with Crippen molar-refractivity contribution in [3.8, 4) is 0 Å². The van der Waals surface area contributed by atoms with Crippen LogP contribution in [0.2, 0.25) is 0 Å². The standard InChI is InChI=1S/C32H52N2O5/c1-9-10-14-30(5)18-25(39-29(37)33-28(36)23-19-34(7)17-13-20(23)2)31(6)21(3)11-15-32(22(4)27(30)35)16-12-24(38-8)26(31)32/h9-10,20-26H,11-19H2,1-8H3,(H,33,36,37)/b10-9-/t20-,21+,22-,23-,24+,25+,26?,30+,31-,32?/m0/s1. The van der Waals surface area contributed by atoms with Gasteiger partial charge in [0.2, 0.25) is 5.91 Å². The van der Waals surface area contributed by atoms with Gasteiger partial charge in [0.25, 0.3) is 0 Å². The van der Waals surface area contributed by atoms with E-state index in [0.29, 0.717) is 19.4 Å². The van der Waals surface area contributed by atoms with Gasteiger partial charge in [0.15, 0.2) is 0 Å². The summed E-state index contributed by atoms with van der Waals surface area (Å²) in [6.45, 7) is 14.4. The van der Waals surface area contributed by atoms with Gasteiger partial charge in [-0.1, -0.05) is 46.8 Å². The number of carbonyl (C=O) groups excluding carboxylic acids is 3. The lowest BCUT2D eigenvalue weighted by atomic mass is 9.43. The molecule has 10 atom stereocenters. The van der Waals surface area contributed by atoms with Gasteiger partial charge < -0.3 is 14.4 Å². The summed E-state index contributed by atoms with van der Waals surface area (Å²) in [5, 5.41) is 2.61. The van der Waals surface area contributed by atoms with E-state index < -0.39 is 17.6 Å². The highest BCUT2D eigenvalue weighted by molar-refractivity contribution is 5.93. The van der Waals surface area contributed by atoms with Gasteiger partial charge in [-0.05, 0) is 82.7 Å². The van der Waals surface area contributed by atoms with Gasteiger partial charge in [0.05, 0.1) is 12.0 Å². The fourth-order valence-corrected chi connectivity index (χ4v) is 9.15. The maximum absolute atomic E-state index is 14.3. The molecule has 4 rings (SSSR count). The number of carbonyl (C=O) groups is 3. The Balaban J connectivity index is 1.70. The highest BCUT2D eigenvalue weighted by Gasteiger charge is 2.68. The fraction of sp³-hybridized carbons (Fsp3) is 0.844. The molecule has 39 heavy (non-hydrogen) atoms. The molecule has 2 unspecified atom stereocenters. The van der Waals surface area contributed by atoms with Crippen LogP contribution in [0.3, 0.4) is 0 Å². The molecule has 7 nitrogen and oxygen atoms in total. The van der Waals surface area contributed by atoms with Crippen LogP contribution >= 0.6 is 0 Å². The molecule has 1 aliphatic heterocycles. The quantitative estimate of drug-likeness (QED) is 0.452. The summed E-state index contributed by atoms with van der Waals surface area (Å²) in [6.07, 6.45) is 8.69. The molecule has 1 saturated heterocycles. The third kappa shape index (κ3) is 5.11. The first-order chi connectivity index (χ1) is 18.3. The number of nitrogens with one attached hydrogen (secondary N) is 1. The molecular weight excluding hydrogens is 492 g/mol. The molecule has 0 aromatic rings. The van der Waals surface area contributed by atoms with Gasteiger partial charge in [-0.3, -0.25) is 14.9 Å². The van der Waals surface area contributed by atoms with Crippen molar-refractivity contribution in [1.82, 2.24) is 10.2 Å². The molecule has 2 bridgehead atoms. The number of allylic oxidation sites excluding steroid dienone is 2. The van der Waals surface area contributed by atoms with E-state index in [0.717, 1.165) is 38.6 Å². The molecular formula is C32H52N2O5. The van der Waals surface area contributed by atoms with Gasteiger partial charge in [0, 0.05) is 36.3 Å². The predicted molar refractivity (Wildman–Crippen MR) is 152 cm³/mol. The highest BCUT2D eigenvalue weighted by Crippen LogP contribution is 2.68. The maximum atomic E-state index is 14.3. The van der Waals surface area contributed by atoms with Crippen molar-refractivity contribution < 1.29 is 23.9 Å². The normalized spacial score (nSPS) is 44.9. The molecule has 0 aromatic carbocycles. The summed E-state index contributed by atoms with van der Waals surface area (Å²) in [4.78, 5) is 43.2. The van der Waals surface area contributed by atoms with Crippen LogP contribution in [0.1, 0.15) is 86.5 Å². The van der Waals surface area contributed by atoms with E-state index in [1.54, 1.807) is 7.11 Å². The average Bonchev–Trinajstić information content (AvgIpc) is 3.30. The monoisotopic (exact) mass is 544 g/mol. The van der Waals surface area contributed by atoms with Crippen LogP contribution in [0.25, 0.3) is 0 Å². The van der Waals surface area contributed by atoms with Crippen LogP contribution in [0.4, 0.5) is 4.79 Å². The number of methoxy groups -OCH3 is 1. The van der Waals surface area contributed by atoms with Crippen molar-refractivity contribution in [3.63, 3.8) is 0 Å². The zero-order valence-corrected chi connectivity index (χ0v) is 25.5. The van der Waals surface area contributed by atoms with Gasteiger partial charge in [-0.2, -0.15) is 0 Å². The van der Waals surface area contributed by atoms with Crippen LogP contribution in [0.5, 0.6) is 0 Å². The Morgan fingerprint density at radius 3 is 2.49 bits per heavy atom. The van der Waals surface area contributed by atoms with Crippen LogP contribution in [0, 0.1) is 45.8 Å². The number of alkyl carbamates (subject to hydrolysis) is 1. The number of hydrogen-bond donors (Lipinski definition) is 1. The average molecular weight is 545 g/mol. The van der Waals surface area contributed by atoms with E-state index in [2.05, 4.69) is 44.0 Å². The van der Waals surface area contributed by atoms with Crippen molar-refractivity contribution in [3.05, 3.63) is 12.2 Å². The molecule has 0 radical (unpaired) electrons. The summed E-state index contributed by atoms with van der Waals surface area (Å²) < 4.78 is 12.5. The van der Waals surface area contributed by atoms with E-state index >= 15 is 0 Å². The first-order valence-electron chi connectivity index (χ1n) is 15.2. The van der Waals surface area contributed by atoms with E-state index in [1.165, 1.54) is 0 Å². The lowest BCUT2D eigenvalue weighted by Crippen LogP contribution is -2.63. The van der Waals surface area contributed by atoms with Gasteiger partial charge in [-0.15, -0.1) is 0 Å². The number of imide groups is 1. The number of nitrogens with zero attached hydrogens (tertiary/aromatic N) is 1. The van der Waals surface area contributed by atoms with E-state index in [4.69, 9.17) is 9.47 Å². The van der Waals surface area contributed by atoms with Gasteiger partial charge in [0.1, 0.15) is 11.9 Å². The van der Waals surface area contributed by atoms with Crippen molar-refractivity contribution >= 4 is 17.8 Å². The van der Waals surface area contributed by atoms with Crippen LogP contribution in [-0.4, -0.2) is 62.1 Å². The van der Waals surface area contributed by atoms with E-state index in [-0.39, 0.29) is 58.2 Å². The van der Waals surface area contributed by atoms with Crippen molar-refractivity contribution in [2.75, 3.05) is 27.2 Å². The topological polar surface area (TPSA) is 84.9 Å². The molecule has 3 saturated carbocycles. The molecule has 1 N–H and O–H groups in total. The van der Waals surface area contributed by atoms with E-state index in [9.17, 15) is 14.4 Å². The molecule has 1 heterocycles. The van der Waals surface area contributed by atoms with E-state index in [1.807, 2.05) is 27.0 Å². The van der Waals surface area contributed by atoms with Crippen molar-refractivity contribution in [1.29, 1.82) is 0 Å². The number of piperidine rings is 1. The Morgan fingerprint density at radius 1 is 1.13 bits per heavy atom. The molecule has 3 aliphatic carbocycles. The Hall–Kier alpha value is -1.73. The zero-order chi connectivity index (χ0) is 28.8. The van der Waals surface area contributed by atoms with Crippen molar-refractivity contribution in [2.45, 2.75) is 98.7 Å². The summed E-state index contributed by atoms with van der Waals surface area (Å²) in [5.41, 5.74) is -1.23. The molecule has 0 aromatic heterocycles. The SMILES string of the molecule is C/C=C\C[C@]1(C)C[C@@H](OC(=O)NC(=O)[C@H]2CN(C)CC[C@@H]2C)[C@@]2(C)C3[C@H](OC)CCC3(CC[C@H]2C)[C@@H](C)C1=O. The minimum absolute atomic E-state index is 0.0160. The third-order valence-corrected chi connectivity index (χ3v) is 11.9. The summed E-state index contributed by atoms with van der Waals surface area (Å²) >= 11 is 0. The zero-order valence-electron chi connectivity index (χ0n) is 25.5. The van der Waals surface area contributed by atoms with Crippen molar-refractivity contribution in [2.24, 2.45) is 45.8 Å². The maximum Gasteiger partial charge on any atom is 0.414 e. The second-order valence-corrected chi connectivity index (χ2v) is 14.0. The molecule has 2 amide bonds. The van der Waals surface area contributed by atoms with Crippen LogP contribution < -0.4 is 5.32 Å². The first kappa shape index (κ1) is 30.2. The molecule has 4 aliphatic rings. The first-order valence-corrected chi connectivity index (χ1v) is 15.2. The number of Topliss-reactive ketones (excluding diaryl/α,β-unsaturated/α-hetero) is 1. The molecule has 0 spiro atoms. The lowest BCUT2D eigenvalue weighted by molar-refractivity contribution is -0.191. The Kier molecular flexibility index (Phi) is 8.74. The lowest BCUT2D eigenvalue weighted by Gasteiger charge is -2.61. The number of rotatable bonds is 5. The number of amides is 2. The van der Waals surface area contributed by atoms with Gasteiger partial charge >= 0.3 is 6.09 Å². The van der Waals surface area contributed by atoms with Crippen LogP contribution in [-0.2, 0) is 19.1 Å². The minimum Gasteiger partial charge on any atom is -0.445 e. The molecule has 220 valence electrons. The number of ketones is 1. The Bertz CT molecular complexity index is 982. The molecule has 4 fully saturated rings. The second kappa shape index (κ2) is 11.3. The minimum atomic E-state index is -0.684. The second-order valence-electron chi connectivity index (χ2n) is 14.0. The highest BCUT2D eigenvalue weighted by atomic mass is 16.6. The summed E-state index contributed by atoms with van der Waals surface area (Å²) in [5.74, 6) is 0.242. The smallest absolute Gasteiger partial charge is 0.414 e. The Morgan fingerprint density at radius 2 is 1.82 bits per heavy atom. The Labute approximate surface area is 235 Å². The largest absolute Gasteiger partial charge is 0.445 e. The summed E-state index contributed by atoms with van der Waals surface area (Å²) in [6, 6.07) is 0. The van der Waals surface area contributed by atoms with Crippen LogP contribution in [0.15, 0.2) is 12.2 Å². The summed E-state index contributed by atoms with van der Waals surface area (Å²) in [7, 11) is 3.78. The van der Waals surface area contributed by atoms with Gasteiger partial charge in [-0.25, -0.2) is 4.79 Å². The predicted octanol–water partition coefficient (Wildman–Crippen LogP) is 5.62. The fourth-order valence-electron chi connectivity index (χ4n) is 9.15. The number of ether oxygens (including phenoxy) is 2. The number of likely N-dealkylation sites (tertiary alicyclic amines) is 1. The third-order valence-electron chi connectivity index (χ3n) is 11.9. The number of hydrogen-bond acceptors (Lipinski definition) is 6.